The number of hydrogen-bond donors (Lipinski definition) is 1. The second-order valence-corrected chi connectivity index (χ2v) is 5.55. The van der Waals surface area contributed by atoms with Gasteiger partial charge in [0.05, 0.1) is 24.6 Å². The van der Waals surface area contributed by atoms with E-state index in [1.807, 2.05) is 4.90 Å². The van der Waals surface area contributed by atoms with E-state index in [0.29, 0.717) is 31.1 Å². The van der Waals surface area contributed by atoms with Crippen LogP contribution in [-0.4, -0.2) is 35.6 Å². The van der Waals surface area contributed by atoms with Crippen LogP contribution in [0.4, 0.5) is 19.0 Å². The molecule has 3 rings (SSSR count). The summed E-state index contributed by atoms with van der Waals surface area (Å²) in [4.78, 5) is 21.2. The molecule has 2 heterocycles. The third-order valence-electron chi connectivity index (χ3n) is 3.87. The normalized spacial score (nSPS) is 18.2. The molecule has 25 heavy (non-hydrogen) atoms. The Morgan fingerprint density at radius 1 is 1.24 bits per heavy atom. The van der Waals surface area contributed by atoms with Crippen molar-refractivity contribution in [2.24, 2.45) is 5.73 Å². The Balaban J connectivity index is 1.77. The number of ether oxygens (including phenoxy) is 1. The van der Waals surface area contributed by atoms with E-state index in [9.17, 15) is 18.0 Å². The maximum atomic E-state index is 12.7. The van der Waals surface area contributed by atoms with Gasteiger partial charge in [0, 0.05) is 13.1 Å². The van der Waals surface area contributed by atoms with Gasteiger partial charge >= 0.3 is 6.18 Å². The molecule has 1 aromatic carbocycles. The van der Waals surface area contributed by atoms with E-state index in [2.05, 4.69) is 9.97 Å². The second kappa shape index (κ2) is 6.67. The number of hydrogen-bond acceptors (Lipinski definition) is 5. The number of aromatic nitrogens is 2. The highest BCUT2D eigenvalue weighted by Gasteiger charge is 2.31. The predicted molar refractivity (Wildman–Crippen MR) is 82.9 cm³/mol. The van der Waals surface area contributed by atoms with Crippen LogP contribution < -0.4 is 10.6 Å². The molecule has 1 atom stereocenters. The van der Waals surface area contributed by atoms with Crippen LogP contribution in [0.3, 0.4) is 0 Å². The maximum Gasteiger partial charge on any atom is 0.416 e. The Morgan fingerprint density at radius 3 is 2.60 bits per heavy atom. The third kappa shape index (κ3) is 3.87. The number of nitrogens with zero attached hydrogens (tertiary/aromatic N) is 3. The van der Waals surface area contributed by atoms with Gasteiger partial charge < -0.3 is 15.4 Å². The zero-order valence-corrected chi connectivity index (χ0v) is 13.0. The fourth-order valence-electron chi connectivity index (χ4n) is 2.57. The van der Waals surface area contributed by atoms with Crippen molar-refractivity contribution in [1.29, 1.82) is 0 Å². The molecule has 1 aliphatic rings. The first-order chi connectivity index (χ1) is 11.8. The van der Waals surface area contributed by atoms with Crippen molar-refractivity contribution in [2.45, 2.75) is 12.3 Å². The lowest BCUT2D eigenvalue weighted by Crippen LogP contribution is -2.39. The number of halogens is 3. The summed E-state index contributed by atoms with van der Waals surface area (Å²) in [6.45, 7) is 1.27. The van der Waals surface area contributed by atoms with Gasteiger partial charge in [-0.2, -0.15) is 13.2 Å². The lowest BCUT2D eigenvalue weighted by molar-refractivity contribution is -0.137. The molecule has 1 fully saturated rings. The molecule has 1 aliphatic heterocycles. The van der Waals surface area contributed by atoms with Gasteiger partial charge in [0.25, 0.3) is 5.91 Å². The molecule has 132 valence electrons. The number of carbonyl (C=O) groups is 1. The van der Waals surface area contributed by atoms with Crippen LogP contribution in [-0.2, 0) is 10.9 Å². The van der Waals surface area contributed by atoms with Crippen LogP contribution in [0.2, 0.25) is 0 Å². The van der Waals surface area contributed by atoms with Crippen molar-refractivity contribution < 1.29 is 22.7 Å². The van der Waals surface area contributed by atoms with E-state index in [4.69, 9.17) is 10.5 Å². The SMILES string of the molecule is NC(=O)c1cncc(N2CCOC(c3ccc(C(F)(F)F)cc3)C2)n1. The van der Waals surface area contributed by atoms with Crippen LogP contribution in [0.5, 0.6) is 0 Å². The van der Waals surface area contributed by atoms with Crippen LogP contribution in [0.25, 0.3) is 0 Å². The number of primary amides is 1. The first-order valence-electron chi connectivity index (χ1n) is 7.50. The number of alkyl halides is 3. The first kappa shape index (κ1) is 17.2. The Kier molecular flexibility index (Phi) is 4.58. The van der Waals surface area contributed by atoms with Gasteiger partial charge in [-0.1, -0.05) is 12.1 Å². The van der Waals surface area contributed by atoms with E-state index in [1.165, 1.54) is 24.5 Å². The van der Waals surface area contributed by atoms with Gasteiger partial charge in [-0.25, -0.2) is 4.98 Å². The average Bonchev–Trinajstić information content (AvgIpc) is 2.61. The molecule has 1 amide bonds. The molecule has 0 saturated carbocycles. The zero-order chi connectivity index (χ0) is 18.0. The molecule has 0 aliphatic carbocycles. The van der Waals surface area contributed by atoms with Gasteiger partial charge in [0.2, 0.25) is 0 Å². The number of rotatable bonds is 3. The van der Waals surface area contributed by atoms with Crippen LogP contribution in [0.15, 0.2) is 36.7 Å². The monoisotopic (exact) mass is 352 g/mol. The number of anilines is 1. The molecule has 9 heteroatoms. The maximum absolute atomic E-state index is 12.7. The standard InChI is InChI=1S/C16H15F3N4O2/c17-16(18,19)11-3-1-10(2-4-11)13-9-23(5-6-25-13)14-8-21-7-12(22-14)15(20)24/h1-4,7-8,13H,5-6,9H2,(H2,20,24). The molecule has 1 unspecified atom stereocenters. The molecule has 0 bridgehead atoms. The van der Waals surface area contributed by atoms with Gasteiger partial charge in [-0.15, -0.1) is 0 Å². The van der Waals surface area contributed by atoms with Gasteiger partial charge in [0.1, 0.15) is 17.6 Å². The van der Waals surface area contributed by atoms with Crippen LogP contribution in [0, 0.1) is 0 Å². The lowest BCUT2D eigenvalue weighted by Gasteiger charge is -2.34. The summed E-state index contributed by atoms with van der Waals surface area (Å²) >= 11 is 0. The second-order valence-electron chi connectivity index (χ2n) is 5.55. The van der Waals surface area contributed by atoms with Crippen molar-refractivity contribution in [3.05, 3.63) is 53.5 Å². The van der Waals surface area contributed by atoms with E-state index >= 15 is 0 Å². The van der Waals surface area contributed by atoms with E-state index < -0.39 is 23.8 Å². The van der Waals surface area contributed by atoms with Gasteiger partial charge in [-0.05, 0) is 17.7 Å². The summed E-state index contributed by atoms with van der Waals surface area (Å²) in [6, 6.07) is 4.88. The van der Waals surface area contributed by atoms with Crippen LogP contribution >= 0.6 is 0 Å². The molecule has 0 spiro atoms. The summed E-state index contributed by atoms with van der Waals surface area (Å²) in [5.41, 5.74) is 5.19. The molecule has 6 nitrogen and oxygen atoms in total. The van der Waals surface area contributed by atoms with Crippen molar-refractivity contribution in [2.75, 3.05) is 24.6 Å². The largest absolute Gasteiger partial charge is 0.416 e. The molecule has 0 radical (unpaired) electrons. The minimum atomic E-state index is -4.37. The molecule has 1 saturated heterocycles. The molecule has 2 N–H and O–H groups in total. The summed E-state index contributed by atoms with van der Waals surface area (Å²) in [5.74, 6) is -0.210. The lowest BCUT2D eigenvalue weighted by atomic mass is 10.1. The Labute approximate surface area is 141 Å². The minimum Gasteiger partial charge on any atom is -0.370 e. The molecular formula is C16H15F3N4O2. The quantitative estimate of drug-likeness (QED) is 0.916. The first-order valence-corrected chi connectivity index (χ1v) is 7.50. The number of morpholine rings is 1. The van der Waals surface area contributed by atoms with E-state index in [-0.39, 0.29) is 5.69 Å². The van der Waals surface area contributed by atoms with Gasteiger partial charge in [0.15, 0.2) is 0 Å². The van der Waals surface area contributed by atoms with Crippen molar-refractivity contribution >= 4 is 11.7 Å². The highest BCUT2D eigenvalue weighted by Crippen LogP contribution is 2.31. The van der Waals surface area contributed by atoms with Crippen molar-refractivity contribution in [3.8, 4) is 0 Å². The number of nitrogens with two attached hydrogens (primary N) is 1. The van der Waals surface area contributed by atoms with Crippen molar-refractivity contribution in [1.82, 2.24) is 9.97 Å². The Hall–Kier alpha value is -2.68. The number of carbonyl (C=O) groups excluding carboxylic acids is 1. The molecular weight excluding hydrogens is 337 g/mol. The number of benzene rings is 1. The van der Waals surface area contributed by atoms with Crippen LogP contribution in [0.1, 0.15) is 27.7 Å². The average molecular weight is 352 g/mol. The van der Waals surface area contributed by atoms with Crippen molar-refractivity contribution in [3.63, 3.8) is 0 Å². The Bertz CT molecular complexity index is 765. The zero-order valence-electron chi connectivity index (χ0n) is 13.0. The predicted octanol–water partition coefficient (Wildman–Crippen LogP) is 2.17. The fraction of sp³-hybridized carbons (Fsp3) is 0.312. The molecule has 1 aromatic heterocycles. The topological polar surface area (TPSA) is 81.3 Å². The summed E-state index contributed by atoms with van der Waals surface area (Å²) in [5, 5.41) is 0. The molecule has 2 aromatic rings. The van der Waals surface area contributed by atoms with Gasteiger partial charge in [-0.3, -0.25) is 9.78 Å². The highest BCUT2D eigenvalue weighted by molar-refractivity contribution is 5.90. The summed E-state index contributed by atoms with van der Waals surface area (Å²) < 4.78 is 43.6. The smallest absolute Gasteiger partial charge is 0.370 e. The highest BCUT2D eigenvalue weighted by atomic mass is 19.4. The number of amides is 1. The third-order valence-corrected chi connectivity index (χ3v) is 3.87. The Morgan fingerprint density at radius 2 is 1.96 bits per heavy atom. The fourth-order valence-corrected chi connectivity index (χ4v) is 2.57. The minimum absolute atomic E-state index is 0.0510. The van der Waals surface area contributed by atoms with E-state index in [0.717, 1.165) is 12.1 Å². The van der Waals surface area contributed by atoms with E-state index in [1.54, 1.807) is 0 Å². The summed E-state index contributed by atoms with van der Waals surface area (Å²) in [6.07, 6.45) is -2.00. The summed E-state index contributed by atoms with van der Waals surface area (Å²) in [7, 11) is 0.